The first-order chi connectivity index (χ1) is 8.77. The molecule has 1 aromatic rings. The molecule has 18 heavy (non-hydrogen) atoms. The van der Waals surface area contributed by atoms with Gasteiger partial charge in [-0.2, -0.15) is 0 Å². The summed E-state index contributed by atoms with van der Waals surface area (Å²) in [6, 6.07) is 6.82. The van der Waals surface area contributed by atoms with Crippen LogP contribution in [0.1, 0.15) is 38.3 Å². The molecule has 2 heterocycles. The minimum absolute atomic E-state index is 0.404. The van der Waals surface area contributed by atoms with Crippen LogP contribution < -0.4 is 5.32 Å². The van der Waals surface area contributed by atoms with Gasteiger partial charge < -0.3 is 5.32 Å². The van der Waals surface area contributed by atoms with Crippen LogP contribution in [0, 0.1) is 0 Å². The zero-order valence-corrected chi connectivity index (χ0v) is 11.2. The van der Waals surface area contributed by atoms with Gasteiger partial charge in [-0.05, 0) is 31.9 Å². The van der Waals surface area contributed by atoms with E-state index in [1.54, 1.807) is 0 Å². The van der Waals surface area contributed by atoms with E-state index in [9.17, 15) is 0 Å². The average molecular weight is 245 g/mol. The molecule has 1 saturated heterocycles. The SMILES string of the molecule is CC1CNC2(CCCC2)CN1Cc1ccccn1. The molecule has 3 heteroatoms. The van der Waals surface area contributed by atoms with Crippen LogP contribution in [0.3, 0.4) is 0 Å². The first kappa shape index (κ1) is 12.1. The highest BCUT2D eigenvalue weighted by Crippen LogP contribution is 2.33. The third kappa shape index (κ3) is 2.43. The lowest BCUT2D eigenvalue weighted by atomic mass is 9.92. The molecule has 2 aliphatic rings. The second kappa shape index (κ2) is 4.98. The van der Waals surface area contributed by atoms with Crippen LogP contribution in [-0.2, 0) is 6.54 Å². The molecule has 2 fully saturated rings. The van der Waals surface area contributed by atoms with Crippen LogP contribution >= 0.6 is 0 Å². The van der Waals surface area contributed by atoms with Crippen molar-refractivity contribution in [3.05, 3.63) is 30.1 Å². The van der Waals surface area contributed by atoms with Gasteiger partial charge in [-0.3, -0.25) is 9.88 Å². The van der Waals surface area contributed by atoms with Gasteiger partial charge in [0, 0.05) is 37.4 Å². The zero-order chi connectivity index (χ0) is 12.4. The van der Waals surface area contributed by atoms with Crippen LogP contribution in [0.25, 0.3) is 0 Å². The Hall–Kier alpha value is -0.930. The topological polar surface area (TPSA) is 28.2 Å². The van der Waals surface area contributed by atoms with Crippen molar-refractivity contribution in [2.75, 3.05) is 13.1 Å². The molecule has 1 aliphatic heterocycles. The highest BCUT2D eigenvalue weighted by Gasteiger charge is 2.39. The molecule has 98 valence electrons. The van der Waals surface area contributed by atoms with E-state index in [0.29, 0.717) is 11.6 Å². The molecule has 1 spiro atoms. The van der Waals surface area contributed by atoms with Crippen molar-refractivity contribution in [1.29, 1.82) is 0 Å². The molecule has 0 radical (unpaired) electrons. The van der Waals surface area contributed by atoms with Gasteiger partial charge in [0.1, 0.15) is 0 Å². The fourth-order valence-corrected chi connectivity index (χ4v) is 3.39. The molecule has 1 saturated carbocycles. The first-order valence-electron chi connectivity index (χ1n) is 7.16. The Morgan fingerprint density at radius 1 is 1.39 bits per heavy atom. The van der Waals surface area contributed by atoms with Crippen molar-refractivity contribution < 1.29 is 0 Å². The third-order valence-electron chi connectivity index (χ3n) is 4.55. The Bertz CT molecular complexity index is 384. The second-order valence-corrected chi connectivity index (χ2v) is 5.94. The van der Waals surface area contributed by atoms with E-state index in [0.717, 1.165) is 13.1 Å². The van der Waals surface area contributed by atoms with Crippen molar-refractivity contribution in [2.24, 2.45) is 0 Å². The third-order valence-corrected chi connectivity index (χ3v) is 4.55. The summed E-state index contributed by atoms with van der Waals surface area (Å²) in [6.07, 6.45) is 7.36. The van der Waals surface area contributed by atoms with Crippen LogP contribution in [0.4, 0.5) is 0 Å². The molecule has 1 N–H and O–H groups in total. The van der Waals surface area contributed by atoms with E-state index >= 15 is 0 Å². The van der Waals surface area contributed by atoms with Gasteiger partial charge in [0.25, 0.3) is 0 Å². The number of hydrogen-bond donors (Lipinski definition) is 1. The number of hydrogen-bond acceptors (Lipinski definition) is 3. The summed E-state index contributed by atoms with van der Waals surface area (Å²) in [7, 11) is 0. The van der Waals surface area contributed by atoms with Crippen LogP contribution in [0.15, 0.2) is 24.4 Å². The average Bonchev–Trinajstić information content (AvgIpc) is 2.84. The van der Waals surface area contributed by atoms with Crippen molar-refractivity contribution in [3.63, 3.8) is 0 Å². The molecular formula is C15H23N3. The summed E-state index contributed by atoms with van der Waals surface area (Å²) >= 11 is 0. The quantitative estimate of drug-likeness (QED) is 0.865. The van der Waals surface area contributed by atoms with Gasteiger partial charge in [0.15, 0.2) is 0 Å². The number of aromatic nitrogens is 1. The van der Waals surface area contributed by atoms with Gasteiger partial charge in [-0.15, -0.1) is 0 Å². The minimum atomic E-state index is 0.404. The van der Waals surface area contributed by atoms with Gasteiger partial charge in [-0.25, -0.2) is 0 Å². The molecule has 0 amide bonds. The summed E-state index contributed by atoms with van der Waals surface area (Å²) in [5.74, 6) is 0. The van der Waals surface area contributed by atoms with E-state index in [-0.39, 0.29) is 0 Å². The van der Waals surface area contributed by atoms with Gasteiger partial charge >= 0.3 is 0 Å². The maximum absolute atomic E-state index is 4.46. The number of piperazine rings is 1. The molecule has 1 atom stereocenters. The second-order valence-electron chi connectivity index (χ2n) is 5.94. The summed E-state index contributed by atoms with van der Waals surface area (Å²) in [4.78, 5) is 7.06. The Morgan fingerprint density at radius 2 is 2.22 bits per heavy atom. The van der Waals surface area contributed by atoms with Gasteiger partial charge in [0.2, 0.25) is 0 Å². The molecule has 0 aromatic carbocycles. The number of rotatable bonds is 2. The monoisotopic (exact) mass is 245 g/mol. The van der Waals surface area contributed by atoms with E-state index in [4.69, 9.17) is 0 Å². The fraction of sp³-hybridized carbons (Fsp3) is 0.667. The molecule has 1 aromatic heterocycles. The Morgan fingerprint density at radius 3 is 2.94 bits per heavy atom. The van der Waals surface area contributed by atoms with Gasteiger partial charge in [0.05, 0.1) is 5.69 Å². The predicted molar refractivity (Wildman–Crippen MR) is 73.3 cm³/mol. The van der Waals surface area contributed by atoms with E-state index in [2.05, 4.69) is 34.3 Å². The smallest absolute Gasteiger partial charge is 0.0544 e. The number of nitrogens with one attached hydrogen (secondary N) is 1. The maximum atomic E-state index is 4.46. The van der Waals surface area contributed by atoms with Gasteiger partial charge in [-0.1, -0.05) is 18.9 Å². The Balaban J connectivity index is 1.70. The lowest BCUT2D eigenvalue weighted by Crippen LogP contribution is -2.62. The summed E-state index contributed by atoms with van der Waals surface area (Å²) in [5, 5.41) is 3.80. The largest absolute Gasteiger partial charge is 0.308 e. The first-order valence-corrected chi connectivity index (χ1v) is 7.16. The zero-order valence-electron chi connectivity index (χ0n) is 11.2. The minimum Gasteiger partial charge on any atom is -0.308 e. The molecule has 1 unspecified atom stereocenters. The molecule has 3 rings (SSSR count). The summed E-state index contributed by atoms with van der Waals surface area (Å²) in [6.45, 7) is 5.61. The van der Waals surface area contributed by atoms with Crippen LogP contribution in [0.2, 0.25) is 0 Å². The standard InChI is InChI=1S/C15H23N3/c1-13-10-17-15(7-3-4-8-15)12-18(13)11-14-6-2-5-9-16-14/h2,5-6,9,13,17H,3-4,7-8,10-12H2,1H3. The fourth-order valence-electron chi connectivity index (χ4n) is 3.39. The summed E-state index contributed by atoms with van der Waals surface area (Å²) < 4.78 is 0. The van der Waals surface area contributed by atoms with Crippen molar-refractivity contribution in [3.8, 4) is 0 Å². The maximum Gasteiger partial charge on any atom is 0.0544 e. The van der Waals surface area contributed by atoms with Crippen LogP contribution in [-0.4, -0.2) is 34.6 Å². The highest BCUT2D eigenvalue weighted by molar-refractivity contribution is 5.06. The number of nitrogens with zero attached hydrogens (tertiary/aromatic N) is 2. The van der Waals surface area contributed by atoms with E-state index < -0.39 is 0 Å². The Labute approximate surface area is 110 Å². The molecule has 1 aliphatic carbocycles. The van der Waals surface area contributed by atoms with Crippen molar-refractivity contribution in [2.45, 2.75) is 50.7 Å². The summed E-state index contributed by atoms with van der Waals surface area (Å²) in [5.41, 5.74) is 1.60. The molecular weight excluding hydrogens is 222 g/mol. The lowest BCUT2D eigenvalue weighted by molar-refractivity contribution is 0.0816. The van der Waals surface area contributed by atoms with E-state index in [1.807, 2.05) is 12.3 Å². The normalized spacial score (nSPS) is 27.7. The van der Waals surface area contributed by atoms with E-state index in [1.165, 1.54) is 37.9 Å². The predicted octanol–water partition coefficient (Wildman–Crippen LogP) is 2.19. The number of pyridine rings is 1. The lowest BCUT2D eigenvalue weighted by Gasteiger charge is -2.45. The molecule has 0 bridgehead atoms. The Kier molecular flexibility index (Phi) is 3.35. The van der Waals surface area contributed by atoms with Crippen LogP contribution in [0.5, 0.6) is 0 Å². The highest BCUT2D eigenvalue weighted by atomic mass is 15.3. The van der Waals surface area contributed by atoms with Crippen molar-refractivity contribution in [1.82, 2.24) is 15.2 Å². The molecule has 3 nitrogen and oxygen atoms in total. The van der Waals surface area contributed by atoms with Crippen molar-refractivity contribution >= 4 is 0 Å².